The summed E-state index contributed by atoms with van der Waals surface area (Å²) in [5.41, 5.74) is 1.67. The Morgan fingerprint density at radius 2 is 1.58 bits per heavy atom. The number of hydrogen-bond donors (Lipinski definition) is 3. The lowest BCUT2D eigenvalue weighted by molar-refractivity contribution is -0.302. The van der Waals surface area contributed by atoms with Crippen molar-refractivity contribution in [3.63, 3.8) is 0 Å². The van der Waals surface area contributed by atoms with Gasteiger partial charge in [0.15, 0.2) is 0 Å². The van der Waals surface area contributed by atoms with Crippen molar-refractivity contribution in [2.24, 2.45) is 29.6 Å². The second-order valence-electron chi connectivity index (χ2n) is 17.5. The topological polar surface area (TPSA) is 178 Å². The van der Waals surface area contributed by atoms with E-state index in [1.165, 1.54) is 19.1 Å². The van der Waals surface area contributed by atoms with Crippen LogP contribution in [0.2, 0.25) is 0 Å². The number of cyclic esters (lactones) is 1. The Morgan fingerprint density at radius 3 is 2.23 bits per heavy atom. The van der Waals surface area contributed by atoms with Gasteiger partial charge in [-0.05, 0) is 95.5 Å². The van der Waals surface area contributed by atoms with Crippen LogP contribution in [0.3, 0.4) is 0 Å². The van der Waals surface area contributed by atoms with Gasteiger partial charge in [0.2, 0.25) is 5.79 Å². The van der Waals surface area contributed by atoms with Gasteiger partial charge in [0.25, 0.3) is 11.7 Å². The molecule has 1 unspecified atom stereocenters. The number of aliphatic hydroxyl groups excluding tert-OH is 2. The number of rotatable bonds is 7. The summed E-state index contributed by atoms with van der Waals surface area (Å²) in [6.45, 7) is 11.4. The molecule has 2 bridgehead atoms. The van der Waals surface area contributed by atoms with E-state index in [1.54, 1.807) is 21.0 Å². The number of amides is 1. The van der Waals surface area contributed by atoms with Crippen LogP contribution in [0.1, 0.15) is 119 Å². The number of methoxy groups -OCH3 is 3. The molecule has 1 saturated carbocycles. The normalized spacial score (nSPS) is 41.1. The Balaban J connectivity index is 1.77. The van der Waals surface area contributed by atoms with Crippen LogP contribution in [0.5, 0.6) is 0 Å². The van der Waals surface area contributed by atoms with E-state index in [-0.39, 0.29) is 49.5 Å². The lowest BCUT2D eigenvalue weighted by Gasteiger charge is -2.47. The molecule has 4 rings (SSSR count). The number of fused-ring (bicyclic) bond motifs is 3. The Kier molecular flexibility index (Phi) is 17.5. The van der Waals surface area contributed by atoms with Crippen LogP contribution in [0.4, 0.5) is 0 Å². The van der Waals surface area contributed by atoms with Crippen LogP contribution in [-0.4, -0.2) is 126 Å². The zero-order chi connectivity index (χ0) is 42.2. The van der Waals surface area contributed by atoms with Crippen LogP contribution in [0.15, 0.2) is 23.3 Å². The molecule has 57 heavy (non-hydrogen) atoms. The highest BCUT2D eigenvalue weighted by molar-refractivity contribution is 6.39. The maximum Gasteiger partial charge on any atom is 0.329 e. The second kappa shape index (κ2) is 21.1. The molecule has 2 saturated heterocycles. The van der Waals surface area contributed by atoms with Gasteiger partial charge >= 0.3 is 5.97 Å². The highest BCUT2D eigenvalue weighted by Crippen LogP contribution is 2.39. The molecule has 0 spiro atoms. The van der Waals surface area contributed by atoms with Crippen molar-refractivity contribution in [2.75, 3.05) is 27.9 Å². The summed E-state index contributed by atoms with van der Waals surface area (Å²) in [6, 6.07) is -1.13. The van der Waals surface area contributed by atoms with E-state index in [9.17, 15) is 34.5 Å². The largest absolute Gasteiger partial charge is 0.456 e. The average Bonchev–Trinajstić information content (AvgIpc) is 3.18. The van der Waals surface area contributed by atoms with Gasteiger partial charge in [-0.1, -0.05) is 51.8 Å². The third-order valence-corrected chi connectivity index (χ3v) is 13.1. The number of esters is 1. The molecule has 3 N–H and O–H groups in total. The number of piperidine rings is 1. The molecular weight excluding hydrogens is 734 g/mol. The Labute approximate surface area is 339 Å². The molecule has 0 aromatic carbocycles. The minimum atomic E-state index is -2.50. The number of ether oxygens (including phenoxy) is 5. The zero-order valence-corrected chi connectivity index (χ0v) is 35.8. The first-order valence-electron chi connectivity index (χ1n) is 21.3. The van der Waals surface area contributed by atoms with E-state index in [0.29, 0.717) is 56.9 Å². The number of allylic oxidation sites excluding steroid dienone is 3. The molecule has 13 heteroatoms. The number of ketones is 2. The van der Waals surface area contributed by atoms with E-state index >= 15 is 0 Å². The van der Waals surface area contributed by atoms with Gasteiger partial charge in [0.05, 0.1) is 30.5 Å². The summed E-state index contributed by atoms with van der Waals surface area (Å²) in [7, 11) is 4.64. The van der Waals surface area contributed by atoms with E-state index in [1.807, 2.05) is 32.9 Å². The monoisotopic (exact) mass is 805 g/mol. The number of carbonyl (C=O) groups excluding carboxylic acids is 4. The van der Waals surface area contributed by atoms with Crippen LogP contribution in [0, 0.1) is 29.6 Å². The maximum absolute atomic E-state index is 14.3. The molecule has 1 amide bonds. The first kappa shape index (κ1) is 47.2. The maximum atomic E-state index is 14.3. The molecular formula is C44H71NO12. The fraction of sp³-hybridized carbons (Fsp3) is 0.818. The predicted molar refractivity (Wildman–Crippen MR) is 213 cm³/mol. The van der Waals surface area contributed by atoms with E-state index in [2.05, 4.69) is 6.92 Å². The standard InChI is InChI=1S/C44H71NO12/c1-10-13-31-19-25(2)18-26(3)20-37(54-8)40-38(55-9)22-28(5)44(52,57-40)41(49)42(50)45-17-12-11-14-32(45)43(51)56-39(29(6)34(47)24-35(31)48)27(4)21-30-15-16-33(46)36(23-30)53-7/h19,21,26,28-34,36-40,46-47,52H,10-18,20,22-24H2,1-9H3/b25-19+,27-21+/t26-,28+,29+,30-,31+,32-,33+,34-,36+,37-,38-,39+,40?,44+/m0/s1. The first-order valence-corrected chi connectivity index (χ1v) is 21.3. The molecule has 1 aliphatic carbocycles. The van der Waals surface area contributed by atoms with Crippen LogP contribution in [-0.2, 0) is 42.9 Å². The van der Waals surface area contributed by atoms with Gasteiger partial charge in [-0.15, -0.1) is 0 Å². The van der Waals surface area contributed by atoms with Gasteiger partial charge in [0.1, 0.15) is 24.0 Å². The highest BCUT2D eigenvalue weighted by Gasteiger charge is 2.56. The summed E-state index contributed by atoms with van der Waals surface area (Å²) in [5.74, 6) is -7.46. The molecule has 0 aromatic heterocycles. The number of aliphatic hydroxyl groups is 3. The van der Waals surface area contributed by atoms with Crippen LogP contribution < -0.4 is 0 Å². The molecule has 3 fully saturated rings. The van der Waals surface area contributed by atoms with Gasteiger partial charge in [0, 0.05) is 52.0 Å². The summed E-state index contributed by atoms with van der Waals surface area (Å²) < 4.78 is 29.8. The summed E-state index contributed by atoms with van der Waals surface area (Å²) >= 11 is 0. The van der Waals surface area contributed by atoms with Gasteiger partial charge in [-0.25, -0.2) is 4.79 Å². The minimum absolute atomic E-state index is 0.000416. The first-order chi connectivity index (χ1) is 27.0. The summed E-state index contributed by atoms with van der Waals surface area (Å²) in [5, 5.41) is 34.2. The second-order valence-corrected chi connectivity index (χ2v) is 17.5. The van der Waals surface area contributed by atoms with Gasteiger partial charge < -0.3 is 43.9 Å². The Bertz CT molecular complexity index is 1450. The Morgan fingerprint density at radius 1 is 0.912 bits per heavy atom. The van der Waals surface area contributed by atoms with E-state index < -0.39 is 83.9 Å². The molecule has 324 valence electrons. The van der Waals surface area contributed by atoms with Crippen LogP contribution >= 0.6 is 0 Å². The molecule has 4 aliphatic rings. The SMILES string of the molecule is CCC[C@@H]1/C=C(\C)C[C@H](C)C[C@H](OC)C2O[C@@](O)(C(=O)C(=O)N3CCCC[C@H]3C(=O)O[C@H](/C(C)=C/[C@@H]3CC[C@@H](O)[C@H](OC)C3)[C@H](C)[C@@H](O)CC1=O)[C@H](C)C[C@@H]2OC. The molecule has 14 atom stereocenters. The Hall–Kier alpha value is -2.52. The van der Waals surface area contributed by atoms with Crippen molar-refractivity contribution < 1.29 is 58.2 Å². The lowest BCUT2D eigenvalue weighted by Crippen LogP contribution is -2.64. The van der Waals surface area contributed by atoms with Crippen molar-refractivity contribution in [1.82, 2.24) is 4.90 Å². The molecule has 0 aromatic rings. The number of Topliss-reactive ketones (excluding diaryl/α,β-unsaturated/α-hetero) is 2. The smallest absolute Gasteiger partial charge is 0.329 e. The fourth-order valence-electron chi connectivity index (χ4n) is 9.60. The van der Waals surface area contributed by atoms with Gasteiger partial charge in [-0.2, -0.15) is 0 Å². The number of nitrogens with zero attached hydrogens (tertiary/aromatic N) is 1. The summed E-state index contributed by atoms with van der Waals surface area (Å²) in [4.78, 5) is 57.9. The van der Waals surface area contributed by atoms with Crippen molar-refractivity contribution in [3.05, 3.63) is 23.3 Å². The highest BCUT2D eigenvalue weighted by atomic mass is 16.7. The quantitative estimate of drug-likeness (QED) is 0.181. The molecule has 3 aliphatic heterocycles. The van der Waals surface area contributed by atoms with E-state index in [0.717, 1.165) is 12.0 Å². The lowest BCUT2D eigenvalue weighted by atomic mass is 9.81. The third kappa shape index (κ3) is 11.4. The minimum Gasteiger partial charge on any atom is -0.456 e. The van der Waals surface area contributed by atoms with Crippen molar-refractivity contribution in [1.29, 1.82) is 0 Å². The fourth-order valence-corrected chi connectivity index (χ4v) is 9.60. The average molecular weight is 806 g/mol. The number of hydrogen-bond acceptors (Lipinski definition) is 12. The van der Waals surface area contributed by atoms with E-state index in [4.69, 9.17) is 23.7 Å². The van der Waals surface area contributed by atoms with Crippen molar-refractivity contribution in [2.45, 2.75) is 173 Å². The summed E-state index contributed by atoms with van der Waals surface area (Å²) in [6.07, 6.45) is 4.60. The molecule has 3 heterocycles. The molecule has 13 nitrogen and oxygen atoms in total. The van der Waals surface area contributed by atoms with Gasteiger partial charge in [-0.3, -0.25) is 14.4 Å². The van der Waals surface area contributed by atoms with Crippen LogP contribution in [0.25, 0.3) is 0 Å². The zero-order valence-electron chi connectivity index (χ0n) is 35.8. The molecule has 0 radical (unpaired) electrons. The van der Waals surface area contributed by atoms with Crippen molar-refractivity contribution in [3.8, 4) is 0 Å². The predicted octanol–water partition coefficient (Wildman–Crippen LogP) is 4.86. The van der Waals surface area contributed by atoms with Crippen molar-refractivity contribution >= 4 is 23.4 Å². The number of carbonyl (C=O) groups is 4. The third-order valence-electron chi connectivity index (χ3n) is 13.1.